The molecule has 0 aliphatic rings. The van der Waals surface area contributed by atoms with Gasteiger partial charge in [0.1, 0.15) is 10.9 Å². The number of halogens is 4. The SMILES string of the molecule is N#Cc1sc(NC(=O)c2cccc(Cl)c2)nc1C(F)(F)F. The van der Waals surface area contributed by atoms with E-state index in [-0.39, 0.29) is 10.7 Å². The Bertz CT molecular complexity index is 736. The molecule has 0 fully saturated rings. The lowest BCUT2D eigenvalue weighted by Crippen LogP contribution is -2.12. The first-order valence-corrected chi connectivity index (χ1v) is 6.55. The largest absolute Gasteiger partial charge is 0.435 e. The van der Waals surface area contributed by atoms with Crippen LogP contribution in [0.25, 0.3) is 0 Å². The molecule has 2 aromatic rings. The predicted molar refractivity (Wildman–Crippen MR) is 71.2 cm³/mol. The summed E-state index contributed by atoms with van der Waals surface area (Å²) < 4.78 is 37.9. The zero-order valence-corrected chi connectivity index (χ0v) is 11.6. The Labute approximate surface area is 125 Å². The number of thiazole rings is 1. The summed E-state index contributed by atoms with van der Waals surface area (Å²) in [5.74, 6) is -0.663. The van der Waals surface area contributed by atoms with E-state index in [2.05, 4.69) is 10.3 Å². The summed E-state index contributed by atoms with van der Waals surface area (Å²) in [5, 5.41) is 10.9. The van der Waals surface area contributed by atoms with Crippen LogP contribution in [-0.2, 0) is 6.18 Å². The van der Waals surface area contributed by atoms with Crippen molar-refractivity contribution in [2.45, 2.75) is 6.18 Å². The van der Waals surface area contributed by atoms with Crippen LogP contribution in [0.4, 0.5) is 18.3 Å². The molecule has 0 spiro atoms. The van der Waals surface area contributed by atoms with Crippen LogP contribution in [0.5, 0.6) is 0 Å². The Hall–Kier alpha value is -2.11. The topological polar surface area (TPSA) is 65.8 Å². The van der Waals surface area contributed by atoms with Gasteiger partial charge < -0.3 is 0 Å². The molecule has 1 amide bonds. The van der Waals surface area contributed by atoms with Crippen LogP contribution >= 0.6 is 22.9 Å². The highest BCUT2D eigenvalue weighted by Crippen LogP contribution is 2.35. The first-order chi connectivity index (χ1) is 9.81. The fourth-order valence-corrected chi connectivity index (χ4v) is 2.41. The minimum atomic E-state index is -4.75. The zero-order chi connectivity index (χ0) is 15.6. The second-order valence-electron chi connectivity index (χ2n) is 3.77. The lowest BCUT2D eigenvalue weighted by atomic mass is 10.2. The minimum Gasteiger partial charge on any atom is -0.298 e. The van der Waals surface area contributed by atoms with Crippen LogP contribution in [0, 0.1) is 11.3 Å². The molecule has 0 aliphatic heterocycles. The van der Waals surface area contributed by atoms with Gasteiger partial charge >= 0.3 is 6.18 Å². The fourth-order valence-electron chi connectivity index (χ4n) is 1.44. The summed E-state index contributed by atoms with van der Waals surface area (Å²) in [6, 6.07) is 7.30. The molecule has 21 heavy (non-hydrogen) atoms. The van der Waals surface area contributed by atoms with E-state index in [1.165, 1.54) is 24.3 Å². The third-order valence-corrected chi connectivity index (χ3v) is 3.42. The molecule has 0 aliphatic carbocycles. The number of nitrogens with zero attached hydrogens (tertiary/aromatic N) is 2. The van der Waals surface area contributed by atoms with Gasteiger partial charge in [-0.1, -0.05) is 29.0 Å². The van der Waals surface area contributed by atoms with Gasteiger partial charge in [-0.15, -0.1) is 0 Å². The Balaban J connectivity index is 2.27. The summed E-state index contributed by atoms with van der Waals surface area (Å²) in [6.45, 7) is 0. The number of alkyl halides is 3. The first-order valence-electron chi connectivity index (χ1n) is 5.36. The highest BCUT2D eigenvalue weighted by Gasteiger charge is 2.38. The van der Waals surface area contributed by atoms with Gasteiger partial charge in [-0.25, -0.2) is 4.98 Å². The fraction of sp³-hybridized carbons (Fsp3) is 0.0833. The van der Waals surface area contributed by atoms with Crippen molar-refractivity contribution in [3.05, 3.63) is 45.4 Å². The van der Waals surface area contributed by atoms with Gasteiger partial charge in [0, 0.05) is 10.6 Å². The van der Waals surface area contributed by atoms with Crippen molar-refractivity contribution < 1.29 is 18.0 Å². The van der Waals surface area contributed by atoms with E-state index in [1.54, 1.807) is 6.07 Å². The molecule has 1 aromatic heterocycles. The molecule has 0 saturated heterocycles. The van der Waals surface area contributed by atoms with Crippen molar-refractivity contribution in [2.75, 3.05) is 5.32 Å². The molecule has 1 N–H and O–H groups in total. The molecule has 2 rings (SSSR count). The Morgan fingerprint density at radius 2 is 2.14 bits per heavy atom. The highest BCUT2D eigenvalue weighted by atomic mass is 35.5. The molecule has 4 nitrogen and oxygen atoms in total. The van der Waals surface area contributed by atoms with E-state index >= 15 is 0 Å². The average molecular weight is 332 g/mol. The van der Waals surface area contributed by atoms with Crippen LogP contribution in [0.2, 0.25) is 5.02 Å². The molecule has 1 heterocycles. The molecule has 108 valence electrons. The van der Waals surface area contributed by atoms with Gasteiger partial charge in [-0.05, 0) is 18.2 Å². The normalized spacial score (nSPS) is 11.0. The van der Waals surface area contributed by atoms with E-state index in [4.69, 9.17) is 16.9 Å². The van der Waals surface area contributed by atoms with E-state index < -0.39 is 22.7 Å². The lowest BCUT2D eigenvalue weighted by Gasteiger charge is -2.02. The predicted octanol–water partition coefficient (Wildman–Crippen LogP) is 3.94. The van der Waals surface area contributed by atoms with Gasteiger partial charge in [0.2, 0.25) is 0 Å². The highest BCUT2D eigenvalue weighted by molar-refractivity contribution is 7.16. The Morgan fingerprint density at radius 3 is 2.67 bits per heavy atom. The number of nitrogens with one attached hydrogen (secondary N) is 1. The molecule has 0 radical (unpaired) electrons. The number of amides is 1. The van der Waals surface area contributed by atoms with Gasteiger partial charge in [-0.2, -0.15) is 18.4 Å². The van der Waals surface area contributed by atoms with E-state index in [0.29, 0.717) is 16.4 Å². The van der Waals surface area contributed by atoms with Gasteiger partial charge in [-0.3, -0.25) is 10.1 Å². The van der Waals surface area contributed by atoms with Gasteiger partial charge in [0.05, 0.1) is 0 Å². The monoisotopic (exact) mass is 331 g/mol. The zero-order valence-electron chi connectivity index (χ0n) is 10.0. The van der Waals surface area contributed by atoms with Crippen molar-refractivity contribution in [3.8, 4) is 6.07 Å². The van der Waals surface area contributed by atoms with Crippen LogP contribution < -0.4 is 5.32 Å². The molecule has 0 bridgehead atoms. The van der Waals surface area contributed by atoms with Crippen molar-refractivity contribution in [1.82, 2.24) is 4.98 Å². The van der Waals surface area contributed by atoms with Crippen molar-refractivity contribution >= 4 is 34.0 Å². The number of anilines is 1. The minimum absolute atomic E-state index is 0.171. The Morgan fingerprint density at radius 1 is 1.43 bits per heavy atom. The maximum Gasteiger partial charge on any atom is 0.435 e. The number of benzene rings is 1. The Kier molecular flexibility index (Phi) is 4.16. The second-order valence-corrected chi connectivity index (χ2v) is 5.21. The van der Waals surface area contributed by atoms with Gasteiger partial charge in [0.25, 0.3) is 5.91 Å². The molecule has 0 saturated carbocycles. The quantitative estimate of drug-likeness (QED) is 0.906. The summed E-state index contributed by atoms with van der Waals surface area (Å²) >= 11 is 6.18. The third kappa shape index (κ3) is 3.51. The van der Waals surface area contributed by atoms with Crippen molar-refractivity contribution in [1.29, 1.82) is 5.26 Å². The number of carbonyl (C=O) groups is 1. The van der Waals surface area contributed by atoms with E-state index in [9.17, 15) is 18.0 Å². The van der Waals surface area contributed by atoms with Crippen LogP contribution in [0.1, 0.15) is 20.9 Å². The van der Waals surface area contributed by atoms with E-state index in [0.717, 1.165) is 0 Å². The van der Waals surface area contributed by atoms with E-state index in [1.807, 2.05) is 0 Å². The molecular formula is C12H5ClF3N3OS. The third-order valence-electron chi connectivity index (χ3n) is 2.30. The second kappa shape index (κ2) is 5.71. The molecule has 0 unspecified atom stereocenters. The lowest BCUT2D eigenvalue weighted by molar-refractivity contribution is -0.140. The maximum atomic E-state index is 12.6. The molecule has 9 heteroatoms. The van der Waals surface area contributed by atoms with Crippen molar-refractivity contribution in [3.63, 3.8) is 0 Å². The first kappa shape index (κ1) is 15.3. The maximum absolute atomic E-state index is 12.6. The molecule has 0 atom stereocenters. The summed E-state index contributed by atoms with van der Waals surface area (Å²) in [7, 11) is 0. The molecule has 1 aromatic carbocycles. The van der Waals surface area contributed by atoms with Gasteiger partial charge in [0.15, 0.2) is 10.8 Å². The van der Waals surface area contributed by atoms with Crippen molar-refractivity contribution in [2.24, 2.45) is 0 Å². The number of carbonyl (C=O) groups excluding carboxylic acids is 1. The standard InChI is InChI=1S/C12H5ClF3N3OS/c13-7-3-1-2-6(4-7)10(20)19-11-18-9(12(14,15)16)8(5-17)21-11/h1-4H,(H,18,19,20). The average Bonchev–Trinajstić information content (AvgIpc) is 2.81. The summed E-state index contributed by atoms with van der Waals surface area (Å²) in [5.41, 5.74) is -1.14. The summed E-state index contributed by atoms with van der Waals surface area (Å²) in [6.07, 6.45) is -4.75. The smallest absolute Gasteiger partial charge is 0.298 e. The number of nitriles is 1. The summed E-state index contributed by atoms with van der Waals surface area (Å²) in [4.78, 5) is 14.5. The van der Waals surface area contributed by atoms with Crippen LogP contribution in [-0.4, -0.2) is 10.9 Å². The number of hydrogen-bond acceptors (Lipinski definition) is 4. The van der Waals surface area contributed by atoms with Crippen LogP contribution in [0.15, 0.2) is 24.3 Å². The number of rotatable bonds is 2. The number of hydrogen-bond donors (Lipinski definition) is 1. The molecular weight excluding hydrogens is 327 g/mol. The van der Waals surface area contributed by atoms with Crippen LogP contribution in [0.3, 0.4) is 0 Å². The number of aromatic nitrogens is 1.